The topological polar surface area (TPSA) is 107 Å². The molecule has 0 atom stereocenters. The highest BCUT2D eigenvalue weighted by Gasteiger charge is 2.26. The van der Waals surface area contributed by atoms with Crippen molar-refractivity contribution < 1.29 is 13.9 Å². The number of halogens is 1. The molecule has 0 radical (unpaired) electrons. The SMILES string of the molecule is COc1ccc(NC(=O)CN2CCN(c3nc4c(c(=O)n(C)c(=O)n4C)n3Cc3ccc(F)cc3)CC2)cc1. The number of methoxy groups -OCH3 is 1. The second-order valence-corrected chi connectivity index (χ2v) is 9.54. The Kier molecular flexibility index (Phi) is 7.20. The highest BCUT2D eigenvalue weighted by atomic mass is 19.1. The van der Waals surface area contributed by atoms with Gasteiger partial charge in [0.1, 0.15) is 11.6 Å². The van der Waals surface area contributed by atoms with Gasteiger partial charge in [-0.1, -0.05) is 12.1 Å². The van der Waals surface area contributed by atoms with E-state index in [1.165, 1.54) is 23.7 Å². The molecule has 0 bridgehead atoms. The van der Waals surface area contributed by atoms with Crippen molar-refractivity contribution in [2.45, 2.75) is 6.54 Å². The lowest BCUT2D eigenvalue weighted by Gasteiger charge is -2.35. The van der Waals surface area contributed by atoms with Gasteiger partial charge in [0.25, 0.3) is 5.56 Å². The van der Waals surface area contributed by atoms with E-state index in [0.29, 0.717) is 54.7 Å². The van der Waals surface area contributed by atoms with Gasteiger partial charge in [-0.15, -0.1) is 0 Å². The zero-order valence-electron chi connectivity index (χ0n) is 22.1. The lowest BCUT2D eigenvalue weighted by atomic mass is 10.2. The molecule has 0 aliphatic carbocycles. The lowest BCUT2D eigenvalue weighted by Crippen LogP contribution is -2.49. The van der Waals surface area contributed by atoms with E-state index in [-0.39, 0.29) is 24.8 Å². The Labute approximate surface area is 223 Å². The largest absolute Gasteiger partial charge is 0.497 e. The van der Waals surface area contributed by atoms with Crippen molar-refractivity contribution in [3.8, 4) is 5.75 Å². The summed E-state index contributed by atoms with van der Waals surface area (Å²) in [6.45, 7) is 2.86. The van der Waals surface area contributed by atoms with Crippen LogP contribution in [-0.4, -0.2) is 69.3 Å². The van der Waals surface area contributed by atoms with Crippen LogP contribution < -0.4 is 26.2 Å². The summed E-state index contributed by atoms with van der Waals surface area (Å²) in [5.41, 5.74) is 1.19. The number of piperazine rings is 1. The molecule has 204 valence electrons. The number of nitrogens with zero attached hydrogens (tertiary/aromatic N) is 6. The standard InChI is InChI=1S/C27H30FN7O4/c1-31-24-23(25(37)32(2)27(31)38)35(16-18-4-6-19(28)7-5-18)26(30-24)34-14-12-33(13-15-34)17-22(36)29-20-8-10-21(39-3)11-9-20/h4-11H,12-17H2,1-3H3,(H,29,36). The molecule has 3 heterocycles. The highest BCUT2D eigenvalue weighted by Crippen LogP contribution is 2.23. The van der Waals surface area contributed by atoms with Crippen LogP contribution in [0.4, 0.5) is 16.0 Å². The fourth-order valence-electron chi connectivity index (χ4n) is 4.78. The number of carbonyl (C=O) groups excluding carboxylic acids is 1. The van der Waals surface area contributed by atoms with Crippen LogP contribution in [0.25, 0.3) is 11.2 Å². The number of ether oxygens (including phenoxy) is 1. The number of aromatic nitrogens is 4. The van der Waals surface area contributed by atoms with E-state index in [2.05, 4.69) is 10.2 Å². The summed E-state index contributed by atoms with van der Waals surface area (Å²) in [6.07, 6.45) is 0. The molecule has 2 aromatic heterocycles. The molecule has 1 fully saturated rings. The lowest BCUT2D eigenvalue weighted by molar-refractivity contribution is -0.117. The second-order valence-electron chi connectivity index (χ2n) is 9.54. The fraction of sp³-hybridized carbons (Fsp3) is 0.333. The van der Waals surface area contributed by atoms with Gasteiger partial charge in [0.2, 0.25) is 11.9 Å². The summed E-state index contributed by atoms with van der Waals surface area (Å²) < 4.78 is 22.9. The van der Waals surface area contributed by atoms with Crippen LogP contribution in [0.2, 0.25) is 0 Å². The first-order chi connectivity index (χ1) is 18.7. The summed E-state index contributed by atoms with van der Waals surface area (Å²) in [7, 11) is 4.61. The van der Waals surface area contributed by atoms with Crippen LogP contribution in [0.3, 0.4) is 0 Å². The van der Waals surface area contributed by atoms with Gasteiger partial charge in [0.15, 0.2) is 11.2 Å². The van der Waals surface area contributed by atoms with Crippen molar-refractivity contribution in [3.05, 3.63) is 80.7 Å². The van der Waals surface area contributed by atoms with Crippen molar-refractivity contribution in [1.82, 2.24) is 23.6 Å². The summed E-state index contributed by atoms with van der Waals surface area (Å²) >= 11 is 0. The molecule has 0 saturated carbocycles. The number of fused-ring (bicyclic) bond motifs is 1. The Bertz CT molecular complexity index is 1620. The predicted molar refractivity (Wildman–Crippen MR) is 146 cm³/mol. The van der Waals surface area contributed by atoms with Crippen LogP contribution in [0, 0.1) is 5.82 Å². The number of rotatable bonds is 7. The molecule has 5 rings (SSSR count). The normalized spacial score (nSPS) is 14.1. The summed E-state index contributed by atoms with van der Waals surface area (Å²) in [4.78, 5) is 47.2. The van der Waals surface area contributed by atoms with Gasteiger partial charge in [0, 0.05) is 46.0 Å². The number of anilines is 2. The van der Waals surface area contributed by atoms with Crippen LogP contribution >= 0.6 is 0 Å². The molecule has 2 aromatic carbocycles. The minimum Gasteiger partial charge on any atom is -0.497 e. The van der Waals surface area contributed by atoms with E-state index in [1.807, 2.05) is 4.90 Å². The Morgan fingerprint density at radius 3 is 2.28 bits per heavy atom. The third-order valence-electron chi connectivity index (χ3n) is 6.98. The van der Waals surface area contributed by atoms with Gasteiger partial charge < -0.3 is 15.0 Å². The summed E-state index contributed by atoms with van der Waals surface area (Å²) in [6, 6.07) is 13.2. The average Bonchev–Trinajstić information content (AvgIpc) is 3.32. The monoisotopic (exact) mass is 535 g/mol. The molecular formula is C27H30FN7O4. The Morgan fingerprint density at radius 1 is 0.974 bits per heavy atom. The Morgan fingerprint density at radius 2 is 1.64 bits per heavy atom. The number of imidazole rings is 1. The third kappa shape index (κ3) is 5.28. The van der Waals surface area contributed by atoms with Crippen molar-refractivity contribution in [2.75, 3.05) is 50.1 Å². The number of carbonyl (C=O) groups is 1. The minimum absolute atomic E-state index is 0.115. The maximum atomic E-state index is 13.5. The molecule has 39 heavy (non-hydrogen) atoms. The highest BCUT2D eigenvalue weighted by molar-refractivity contribution is 5.92. The van der Waals surface area contributed by atoms with E-state index in [0.717, 1.165) is 10.1 Å². The van der Waals surface area contributed by atoms with Crippen LogP contribution in [-0.2, 0) is 25.4 Å². The molecule has 0 spiro atoms. The van der Waals surface area contributed by atoms with Crippen LogP contribution in [0.1, 0.15) is 5.56 Å². The Balaban J connectivity index is 1.36. The number of hydrogen-bond donors (Lipinski definition) is 1. The maximum Gasteiger partial charge on any atom is 0.332 e. The Hall–Kier alpha value is -4.45. The zero-order valence-corrected chi connectivity index (χ0v) is 22.1. The molecular weight excluding hydrogens is 505 g/mol. The van der Waals surface area contributed by atoms with Gasteiger partial charge in [-0.05, 0) is 42.0 Å². The molecule has 1 amide bonds. The number of aryl methyl sites for hydroxylation is 1. The third-order valence-corrected chi connectivity index (χ3v) is 6.98. The molecule has 0 unspecified atom stereocenters. The maximum absolute atomic E-state index is 13.5. The van der Waals surface area contributed by atoms with Crippen LogP contribution in [0.15, 0.2) is 58.1 Å². The molecule has 4 aromatic rings. The molecule has 1 aliphatic rings. The van der Waals surface area contributed by atoms with Gasteiger partial charge in [0.05, 0.1) is 20.2 Å². The van der Waals surface area contributed by atoms with Crippen molar-refractivity contribution in [2.24, 2.45) is 14.1 Å². The first-order valence-corrected chi connectivity index (χ1v) is 12.6. The van der Waals surface area contributed by atoms with Gasteiger partial charge in [-0.2, -0.15) is 4.98 Å². The first-order valence-electron chi connectivity index (χ1n) is 12.6. The fourth-order valence-corrected chi connectivity index (χ4v) is 4.78. The van der Waals surface area contributed by atoms with E-state index in [1.54, 1.807) is 55.1 Å². The first kappa shape index (κ1) is 26.2. The van der Waals surface area contributed by atoms with Gasteiger partial charge >= 0.3 is 5.69 Å². The van der Waals surface area contributed by atoms with E-state index in [9.17, 15) is 18.8 Å². The number of amides is 1. The smallest absolute Gasteiger partial charge is 0.332 e. The molecule has 1 N–H and O–H groups in total. The molecule has 11 nitrogen and oxygen atoms in total. The second kappa shape index (κ2) is 10.7. The molecule has 1 aliphatic heterocycles. The number of hydrogen-bond acceptors (Lipinski definition) is 7. The van der Waals surface area contributed by atoms with Gasteiger partial charge in [-0.3, -0.25) is 28.2 Å². The quantitative estimate of drug-likeness (QED) is 0.381. The van der Waals surface area contributed by atoms with E-state index in [4.69, 9.17) is 9.72 Å². The van der Waals surface area contributed by atoms with Crippen molar-refractivity contribution >= 4 is 28.7 Å². The predicted octanol–water partition coefficient (Wildman–Crippen LogP) is 1.39. The van der Waals surface area contributed by atoms with Crippen molar-refractivity contribution in [1.29, 1.82) is 0 Å². The zero-order chi connectivity index (χ0) is 27.7. The van der Waals surface area contributed by atoms with Crippen LogP contribution in [0.5, 0.6) is 5.75 Å². The van der Waals surface area contributed by atoms with Crippen molar-refractivity contribution in [3.63, 3.8) is 0 Å². The molecule has 12 heteroatoms. The van der Waals surface area contributed by atoms with Gasteiger partial charge in [-0.25, -0.2) is 9.18 Å². The number of nitrogens with one attached hydrogen (secondary N) is 1. The van der Waals surface area contributed by atoms with E-state index >= 15 is 0 Å². The number of benzene rings is 2. The average molecular weight is 536 g/mol. The summed E-state index contributed by atoms with van der Waals surface area (Å²) in [5.74, 6) is 0.804. The molecule has 1 saturated heterocycles. The van der Waals surface area contributed by atoms with E-state index < -0.39 is 11.2 Å². The summed E-state index contributed by atoms with van der Waals surface area (Å²) in [5, 5.41) is 2.90. The minimum atomic E-state index is -0.460.